The van der Waals surface area contributed by atoms with Crippen LogP contribution >= 0.6 is 0 Å². The minimum absolute atomic E-state index is 0.351. The van der Waals surface area contributed by atoms with E-state index in [0.717, 1.165) is 22.2 Å². The Bertz CT molecular complexity index is 572. The number of hydrogen-bond acceptors (Lipinski definition) is 2. The number of aliphatic carboxylic acids is 1. The van der Waals surface area contributed by atoms with Gasteiger partial charge in [0.2, 0.25) is 0 Å². The second kappa shape index (κ2) is 4.22. The zero-order valence-electron chi connectivity index (χ0n) is 9.95. The van der Waals surface area contributed by atoms with Gasteiger partial charge in [-0.15, -0.1) is 0 Å². The van der Waals surface area contributed by atoms with Gasteiger partial charge in [-0.3, -0.25) is 4.79 Å². The van der Waals surface area contributed by atoms with Gasteiger partial charge in [-0.05, 0) is 31.0 Å². The molecule has 0 saturated carbocycles. The number of aromatic amines is 1. The Morgan fingerprint density at radius 2 is 2.18 bits per heavy atom. The van der Waals surface area contributed by atoms with Crippen LogP contribution in [0.1, 0.15) is 16.8 Å². The Morgan fingerprint density at radius 1 is 1.47 bits per heavy atom. The Morgan fingerprint density at radius 3 is 2.82 bits per heavy atom. The van der Waals surface area contributed by atoms with E-state index in [0.29, 0.717) is 6.42 Å². The molecule has 1 heterocycles. The number of nitrogens with two attached hydrogens (primary N) is 1. The molecule has 1 aromatic carbocycles. The van der Waals surface area contributed by atoms with Crippen LogP contribution in [-0.2, 0) is 11.2 Å². The summed E-state index contributed by atoms with van der Waals surface area (Å²) in [7, 11) is 0. The molecular weight excluding hydrogens is 216 g/mol. The van der Waals surface area contributed by atoms with Crippen LogP contribution in [0.4, 0.5) is 0 Å². The quantitative estimate of drug-likeness (QED) is 0.754. The van der Waals surface area contributed by atoms with Gasteiger partial charge in [0.05, 0.1) is 0 Å². The number of nitrogens with one attached hydrogen (secondary N) is 1. The average Bonchev–Trinajstić information content (AvgIpc) is 2.54. The van der Waals surface area contributed by atoms with E-state index in [1.165, 1.54) is 5.56 Å². The van der Waals surface area contributed by atoms with Crippen LogP contribution in [0.15, 0.2) is 18.2 Å². The molecule has 1 unspecified atom stereocenters. The maximum Gasteiger partial charge on any atom is 0.320 e. The van der Waals surface area contributed by atoms with E-state index in [2.05, 4.69) is 11.1 Å². The number of carboxylic acid groups (broad SMARTS) is 1. The van der Waals surface area contributed by atoms with E-state index in [1.807, 2.05) is 26.0 Å². The van der Waals surface area contributed by atoms with Crippen LogP contribution in [0, 0.1) is 13.8 Å². The highest BCUT2D eigenvalue weighted by atomic mass is 16.4. The summed E-state index contributed by atoms with van der Waals surface area (Å²) >= 11 is 0. The Hall–Kier alpha value is -1.81. The molecule has 0 radical (unpaired) electrons. The van der Waals surface area contributed by atoms with E-state index in [9.17, 15) is 4.79 Å². The molecule has 4 N–H and O–H groups in total. The van der Waals surface area contributed by atoms with Crippen LogP contribution in [0.2, 0.25) is 0 Å². The molecule has 90 valence electrons. The summed E-state index contributed by atoms with van der Waals surface area (Å²) in [5.74, 6) is -0.967. The fourth-order valence-corrected chi connectivity index (χ4v) is 2.07. The number of carboxylic acids is 1. The van der Waals surface area contributed by atoms with Crippen molar-refractivity contribution in [1.82, 2.24) is 4.98 Å². The van der Waals surface area contributed by atoms with Crippen molar-refractivity contribution in [3.63, 3.8) is 0 Å². The molecule has 0 spiro atoms. The lowest BCUT2D eigenvalue weighted by Crippen LogP contribution is -2.32. The van der Waals surface area contributed by atoms with Crippen molar-refractivity contribution in [3.8, 4) is 0 Å². The van der Waals surface area contributed by atoms with E-state index in [1.54, 1.807) is 0 Å². The maximum absolute atomic E-state index is 10.8. The highest BCUT2D eigenvalue weighted by molar-refractivity contribution is 5.86. The molecule has 2 rings (SSSR count). The lowest BCUT2D eigenvalue weighted by molar-refractivity contribution is -0.138. The van der Waals surface area contributed by atoms with Gasteiger partial charge < -0.3 is 15.8 Å². The first kappa shape index (κ1) is 11.7. The topological polar surface area (TPSA) is 79.1 Å². The summed E-state index contributed by atoms with van der Waals surface area (Å²) in [6, 6.07) is 5.23. The Balaban J connectivity index is 2.46. The molecule has 17 heavy (non-hydrogen) atoms. The largest absolute Gasteiger partial charge is 0.480 e. The van der Waals surface area contributed by atoms with Gasteiger partial charge in [0.1, 0.15) is 6.04 Å². The number of aryl methyl sites for hydroxylation is 2. The first-order valence-corrected chi connectivity index (χ1v) is 5.55. The molecular formula is C13H16N2O2. The second-order valence-corrected chi connectivity index (χ2v) is 4.43. The zero-order valence-corrected chi connectivity index (χ0v) is 9.95. The fourth-order valence-electron chi connectivity index (χ4n) is 2.07. The molecule has 0 fully saturated rings. The minimum atomic E-state index is -0.967. The molecule has 0 amide bonds. The van der Waals surface area contributed by atoms with Crippen molar-refractivity contribution < 1.29 is 9.90 Å². The summed E-state index contributed by atoms with van der Waals surface area (Å²) in [6.45, 7) is 3.97. The van der Waals surface area contributed by atoms with Gasteiger partial charge in [0.15, 0.2) is 0 Å². The van der Waals surface area contributed by atoms with Crippen molar-refractivity contribution >= 4 is 16.9 Å². The number of benzene rings is 1. The first-order valence-electron chi connectivity index (χ1n) is 5.55. The fraction of sp³-hybridized carbons (Fsp3) is 0.308. The molecule has 0 saturated heterocycles. The summed E-state index contributed by atoms with van der Waals surface area (Å²) < 4.78 is 0. The van der Waals surface area contributed by atoms with Crippen LogP contribution in [0.5, 0.6) is 0 Å². The van der Waals surface area contributed by atoms with Crippen LogP contribution in [0.3, 0.4) is 0 Å². The number of H-pyrrole nitrogens is 1. The highest BCUT2D eigenvalue weighted by Crippen LogP contribution is 2.24. The third kappa shape index (κ3) is 2.17. The van der Waals surface area contributed by atoms with Crippen molar-refractivity contribution in [2.45, 2.75) is 26.3 Å². The van der Waals surface area contributed by atoms with Gasteiger partial charge in [-0.25, -0.2) is 0 Å². The molecule has 0 bridgehead atoms. The van der Waals surface area contributed by atoms with Gasteiger partial charge in [-0.2, -0.15) is 0 Å². The van der Waals surface area contributed by atoms with Gasteiger partial charge >= 0.3 is 5.97 Å². The summed E-state index contributed by atoms with van der Waals surface area (Å²) in [6.07, 6.45) is 0.351. The SMILES string of the molecule is Cc1ccc2c(CC(N)C(=O)O)c(C)[nH]c2c1. The highest BCUT2D eigenvalue weighted by Gasteiger charge is 2.16. The molecule has 0 aliphatic rings. The zero-order chi connectivity index (χ0) is 12.6. The number of aromatic nitrogens is 1. The van der Waals surface area contributed by atoms with Crippen molar-refractivity contribution in [2.24, 2.45) is 5.73 Å². The van der Waals surface area contributed by atoms with E-state index < -0.39 is 12.0 Å². The lowest BCUT2D eigenvalue weighted by atomic mass is 10.0. The Labute approximate surface area is 99.4 Å². The van der Waals surface area contributed by atoms with Crippen LogP contribution in [0.25, 0.3) is 10.9 Å². The predicted octanol–water partition coefficient (Wildman–Crippen LogP) is 1.74. The number of carbonyl (C=O) groups is 1. The summed E-state index contributed by atoms with van der Waals surface area (Å²) in [5, 5.41) is 9.91. The minimum Gasteiger partial charge on any atom is -0.480 e. The van der Waals surface area contributed by atoms with Gasteiger partial charge in [-0.1, -0.05) is 12.1 Å². The number of fused-ring (bicyclic) bond motifs is 1. The standard InChI is InChI=1S/C13H16N2O2/c1-7-3-4-9-10(6-11(14)13(16)17)8(2)15-12(9)5-7/h3-5,11,15H,6,14H2,1-2H3,(H,16,17). The number of rotatable bonds is 3. The van der Waals surface area contributed by atoms with Crippen LogP contribution in [-0.4, -0.2) is 22.1 Å². The van der Waals surface area contributed by atoms with Gasteiger partial charge in [0.25, 0.3) is 0 Å². The third-order valence-corrected chi connectivity index (χ3v) is 3.02. The predicted molar refractivity (Wildman–Crippen MR) is 67.1 cm³/mol. The smallest absolute Gasteiger partial charge is 0.320 e. The molecule has 4 heteroatoms. The van der Waals surface area contributed by atoms with Crippen molar-refractivity contribution in [3.05, 3.63) is 35.0 Å². The van der Waals surface area contributed by atoms with Crippen LogP contribution < -0.4 is 5.73 Å². The van der Waals surface area contributed by atoms with E-state index >= 15 is 0 Å². The number of hydrogen-bond donors (Lipinski definition) is 3. The molecule has 1 aromatic heterocycles. The summed E-state index contributed by atoms with van der Waals surface area (Å²) in [4.78, 5) is 14.1. The third-order valence-electron chi connectivity index (χ3n) is 3.02. The van der Waals surface area contributed by atoms with Crippen molar-refractivity contribution in [1.29, 1.82) is 0 Å². The maximum atomic E-state index is 10.8. The molecule has 4 nitrogen and oxygen atoms in total. The molecule has 1 atom stereocenters. The molecule has 0 aliphatic carbocycles. The lowest BCUT2D eigenvalue weighted by Gasteiger charge is -2.06. The van der Waals surface area contributed by atoms with Gasteiger partial charge in [0, 0.05) is 23.0 Å². The normalized spacial score (nSPS) is 12.9. The van der Waals surface area contributed by atoms with E-state index in [4.69, 9.17) is 10.8 Å². The molecule has 0 aliphatic heterocycles. The molecule has 2 aromatic rings. The average molecular weight is 232 g/mol. The monoisotopic (exact) mass is 232 g/mol. The second-order valence-electron chi connectivity index (χ2n) is 4.43. The van der Waals surface area contributed by atoms with Crippen molar-refractivity contribution in [2.75, 3.05) is 0 Å². The Kier molecular flexibility index (Phi) is 2.90. The summed E-state index contributed by atoms with van der Waals surface area (Å²) in [5.41, 5.74) is 9.78. The van der Waals surface area contributed by atoms with E-state index in [-0.39, 0.29) is 0 Å². The first-order chi connectivity index (χ1) is 7.99.